The van der Waals surface area contributed by atoms with Crippen LogP contribution in [0.3, 0.4) is 0 Å². The second-order valence-corrected chi connectivity index (χ2v) is 7.07. The largest absolute Gasteiger partial charge is 0.302 e. The number of nitrogens with zero attached hydrogens (tertiary/aromatic N) is 3. The zero-order chi connectivity index (χ0) is 12.3. The second-order valence-electron chi connectivity index (χ2n) is 6.73. The Hall–Kier alpha value is -0.570. The van der Waals surface area contributed by atoms with Crippen LogP contribution in [0.1, 0.15) is 51.3 Å². The van der Waals surface area contributed by atoms with E-state index in [0.717, 1.165) is 24.3 Å². The van der Waals surface area contributed by atoms with E-state index < -0.39 is 0 Å². The molecule has 0 aliphatic heterocycles. The summed E-state index contributed by atoms with van der Waals surface area (Å²) < 4.78 is 2.13. The van der Waals surface area contributed by atoms with Crippen LogP contribution in [0, 0.1) is 17.8 Å². The summed E-state index contributed by atoms with van der Waals surface area (Å²) in [7, 11) is 0. The average Bonchev–Trinajstić information content (AvgIpc) is 2.69. The van der Waals surface area contributed by atoms with Crippen molar-refractivity contribution in [3.63, 3.8) is 0 Å². The molecule has 1 aromatic rings. The third kappa shape index (κ3) is 1.43. The molecular formula is C14H20ClN3. The standard InChI is InChI=1S/C14H20ClN3/c1-2-18-12(16-17-13(18)15)14-6-9-3-10(7-14)5-11(4-9)8-14/h9-11H,2-8H2,1H3. The van der Waals surface area contributed by atoms with Crippen molar-refractivity contribution >= 4 is 11.6 Å². The van der Waals surface area contributed by atoms with Crippen molar-refractivity contribution in [3.8, 4) is 0 Å². The molecule has 3 nitrogen and oxygen atoms in total. The third-order valence-electron chi connectivity index (χ3n) is 5.53. The predicted octanol–water partition coefficient (Wildman–Crippen LogP) is 3.42. The molecule has 4 saturated carbocycles. The molecule has 4 bridgehead atoms. The lowest BCUT2D eigenvalue weighted by atomic mass is 9.49. The van der Waals surface area contributed by atoms with E-state index in [4.69, 9.17) is 11.6 Å². The quantitative estimate of drug-likeness (QED) is 0.820. The SMILES string of the molecule is CCn1c(Cl)nnc1C12CC3CC(CC(C3)C1)C2. The molecule has 5 rings (SSSR count). The van der Waals surface area contributed by atoms with Gasteiger partial charge in [0.1, 0.15) is 5.82 Å². The van der Waals surface area contributed by atoms with Crippen molar-refractivity contribution in [1.82, 2.24) is 14.8 Å². The monoisotopic (exact) mass is 265 g/mol. The van der Waals surface area contributed by atoms with Gasteiger partial charge in [0.05, 0.1) is 0 Å². The van der Waals surface area contributed by atoms with Gasteiger partial charge >= 0.3 is 0 Å². The van der Waals surface area contributed by atoms with Gasteiger partial charge in [-0.1, -0.05) is 0 Å². The Balaban J connectivity index is 1.79. The van der Waals surface area contributed by atoms with E-state index in [2.05, 4.69) is 21.7 Å². The zero-order valence-electron chi connectivity index (χ0n) is 10.9. The van der Waals surface area contributed by atoms with Gasteiger partial charge < -0.3 is 4.57 Å². The molecule has 0 aromatic carbocycles. The van der Waals surface area contributed by atoms with E-state index in [1.54, 1.807) is 0 Å². The number of rotatable bonds is 2. The van der Waals surface area contributed by atoms with Crippen LogP contribution in [-0.2, 0) is 12.0 Å². The fourth-order valence-corrected chi connectivity index (χ4v) is 5.58. The Kier molecular flexibility index (Phi) is 2.33. The molecule has 98 valence electrons. The molecule has 0 radical (unpaired) electrons. The van der Waals surface area contributed by atoms with Crippen molar-refractivity contribution in [2.45, 2.75) is 57.4 Å². The van der Waals surface area contributed by atoms with Gasteiger partial charge in [0, 0.05) is 12.0 Å². The van der Waals surface area contributed by atoms with E-state index in [0.29, 0.717) is 10.7 Å². The predicted molar refractivity (Wildman–Crippen MR) is 70.6 cm³/mol. The number of hydrogen-bond acceptors (Lipinski definition) is 2. The van der Waals surface area contributed by atoms with Gasteiger partial charge in [0.15, 0.2) is 0 Å². The summed E-state index contributed by atoms with van der Waals surface area (Å²) in [6, 6.07) is 0. The molecule has 0 amide bonds. The van der Waals surface area contributed by atoms with Crippen molar-refractivity contribution < 1.29 is 0 Å². The molecule has 0 unspecified atom stereocenters. The molecule has 0 spiro atoms. The molecule has 4 aliphatic rings. The van der Waals surface area contributed by atoms with Gasteiger partial charge in [-0.25, -0.2) is 0 Å². The van der Waals surface area contributed by atoms with Crippen LogP contribution in [-0.4, -0.2) is 14.8 Å². The van der Waals surface area contributed by atoms with Crippen molar-refractivity contribution in [2.24, 2.45) is 17.8 Å². The van der Waals surface area contributed by atoms with Crippen LogP contribution in [0.4, 0.5) is 0 Å². The second kappa shape index (κ2) is 3.72. The van der Waals surface area contributed by atoms with Gasteiger partial charge in [0.25, 0.3) is 0 Å². The molecule has 1 aromatic heterocycles. The topological polar surface area (TPSA) is 30.7 Å². The Morgan fingerprint density at radius 3 is 2.17 bits per heavy atom. The summed E-state index contributed by atoms with van der Waals surface area (Å²) in [6.07, 6.45) is 8.38. The van der Waals surface area contributed by atoms with Gasteiger partial charge in [-0.15, -0.1) is 10.2 Å². The van der Waals surface area contributed by atoms with E-state index in [9.17, 15) is 0 Å². The smallest absolute Gasteiger partial charge is 0.225 e. The summed E-state index contributed by atoms with van der Waals surface area (Å²) in [5.74, 6) is 4.01. The minimum absolute atomic E-state index is 0.310. The summed E-state index contributed by atoms with van der Waals surface area (Å²) in [6.45, 7) is 3.03. The van der Waals surface area contributed by atoms with Gasteiger partial charge in [-0.05, 0) is 74.8 Å². The van der Waals surface area contributed by atoms with Crippen molar-refractivity contribution in [1.29, 1.82) is 0 Å². The molecule has 4 aliphatic carbocycles. The van der Waals surface area contributed by atoms with Crippen LogP contribution in [0.2, 0.25) is 5.28 Å². The Labute approximate surface area is 113 Å². The van der Waals surface area contributed by atoms with E-state index in [1.807, 2.05) is 0 Å². The average molecular weight is 266 g/mol. The van der Waals surface area contributed by atoms with Crippen LogP contribution in [0.25, 0.3) is 0 Å². The highest BCUT2D eigenvalue weighted by Crippen LogP contribution is 2.60. The van der Waals surface area contributed by atoms with Gasteiger partial charge in [-0.3, -0.25) is 0 Å². The van der Waals surface area contributed by atoms with Crippen molar-refractivity contribution in [3.05, 3.63) is 11.1 Å². The lowest BCUT2D eigenvalue weighted by Crippen LogP contribution is -2.49. The maximum absolute atomic E-state index is 6.17. The fraction of sp³-hybridized carbons (Fsp3) is 0.857. The zero-order valence-corrected chi connectivity index (χ0v) is 11.7. The molecule has 0 N–H and O–H groups in total. The minimum Gasteiger partial charge on any atom is -0.302 e. The normalized spacial score (nSPS) is 41.6. The molecule has 1 heterocycles. The molecule has 4 heteroatoms. The third-order valence-corrected chi connectivity index (χ3v) is 5.81. The van der Waals surface area contributed by atoms with E-state index in [-0.39, 0.29) is 0 Å². The Morgan fingerprint density at radius 1 is 1.11 bits per heavy atom. The molecule has 18 heavy (non-hydrogen) atoms. The first-order valence-electron chi connectivity index (χ1n) is 7.29. The highest BCUT2D eigenvalue weighted by molar-refractivity contribution is 6.28. The molecular weight excluding hydrogens is 246 g/mol. The number of halogens is 1. The van der Waals surface area contributed by atoms with Crippen LogP contribution >= 0.6 is 11.6 Å². The summed E-state index contributed by atoms with van der Waals surface area (Å²) >= 11 is 6.17. The van der Waals surface area contributed by atoms with Crippen molar-refractivity contribution in [2.75, 3.05) is 0 Å². The minimum atomic E-state index is 0.310. The highest BCUT2D eigenvalue weighted by atomic mass is 35.5. The first-order valence-corrected chi connectivity index (χ1v) is 7.67. The fourth-order valence-electron chi connectivity index (χ4n) is 5.34. The van der Waals surface area contributed by atoms with E-state index >= 15 is 0 Å². The number of hydrogen-bond donors (Lipinski definition) is 0. The first kappa shape index (κ1) is 11.3. The molecule has 0 saturated heterocycles. The number of aromatic nitrogens is 3. The Bertz CT molecular complexity index is 444. The lowest BCUT2D eigenvalue weighted by molar-refractivity contribution is -0.0111. The van der Waals surface area contributed by atoms with Crippen LogP contribution in [0.15, 0.2) is 0 Å². The first-order chi connectivity index (χ1) is 8.70. The molecule has 0 atom stereocenters. The molecule has 4 fully saturated rings. The van der Waals surface area contributed by atoms with Gasteiger partial charge in [0.2, 0.25) is 5.28 Å². The van der Waals surface area contributed by atoms with E-state index in [1.165, 1.54) is 44.3 Å². The maximum Gasteiger partial charge on any atom is 0.225 e. The lowest BCUT2D eigenvalue weighted by Gasteiger charge is -2.56. The summed E-state index contributed by atoms with van der Waals surface area (Å²) in [5.41, 5.74) is 0.310. The van der Waals surface area contributed by atoms with Crippen LogP contribution < -0.4 is 0 Å². The Morgan fingerprint density at radius 2 is 1.67 bits per heavy atom. The summed E-state index contributed by atoms with van der Waals surface area (Å²) in [4.78, 5) is 0. The van der Waals surface area contributed by atoms with Crippen LogP contribution in [0.5, 0.6) is 0 Å². The highest BCUT2D eigenvalue weighted by Gasteiger charge is 2.53. The summed E-state index contributed by atoms with van der Waals surface area (Å²) in [5, 5.41) is 9.15. The maximum atomic E-state index is 6.17. The van der Waals surface area contributed by atoms with Gasteiger partial charge in [-0.2, -0.15) is 0 Å².